The van der Waals surface area contributed by atoms with Crippen LogP contribution in [0, 0.1) is 6.92 Å². The quantitative estimate of drug-likeness (QED) is 0.864. The first-order valence-electron chi connectivity index (χ1n) is 6.36. The van der Waals surface area contributed by atoms with Crippen molar-refractivity contribution in [3.63, 3.8) is 0 Å². The Kier molecular flexibility index (Phi) is 4.58. The van der Waals surface area contributed by atoms with Gasteiger partial charge in [0, 0.05) is 29.2 Å². The zero-order valence-corrected chi connectivity index (χ0v) is 12.0. The first-order chi connectivity index (χ1) is 9.20. The number of amides is 1. The smallest absolute Gasteiger partial charge is 0.224 e. The van der Waals surface area contributed by atoms with Crippen LogP contribution >= 0.6 is 11.3 Å². The monoisotopic (exact) mass is 274 g/mol. The highest BCUT2D eigenvalue weighted by atomic mass is 32.1. The molecule has 0 saturated carbocycles. The van der Waals surface area contributed by atoms with Crippen LogP contribution in [0.4, 0.5) is 11.4 Å². The number of carbonyl (C=O) groups is 1. The van der Waals surface area contributed by atoms with Gasteiger partial charge < -0.3 is 10.6 Å². The SMILES string of the molecule is CCC(=O)Nc1cccc(NCc2cccs2)c1C. The average Bonchev–Trinajstić information content (AvgIpc) is 2.93. The van der Waals surface area contributed by atoms with Gasteiger partial charge in [0.25, 0.3) is 0 Å². The molecular formula is C15H18N2OS. The van der Waals surface area contributed by atoms with Gasteiger partial charge in [-0.15, -0.1) is 11.3 Å². The number of hydrogen-bond donors (Lipinski definition) is 2. The van der Waals surface area contributed by atoms with Gasteiger partial charge in [-0.25, -0.2) is 0 Å². The topological polar surface area (TPSA) is 41.1 Å². The Labute approximate surface area is 117 Å². The van der Waals surface area contributed by atoms with Gasteiger partial charge in [-0.2, -0.15) is 0 Å². The average molecular weight is 274 g/mol. The molecule has 3 nitrogen and oxygen atoms in total. The van der Waals surface area contributed by atoms with E-state index < -0.39 is 0 Å². The van der Waals surface area contributed by atoms with E-state index in [1.807, 2.05) is 38.1 Å². The van der Waals surface area contributed by atoms with E-state index in [1.54, 1.807) is 11.3 Å². The van der Waals surface area contributed by atoms with Gasteiger partial charge >= 0.3 is 0 Å². The van der Waals surface area contributed by atoms with Crippen molar-refractivity contribution in [3.8, 4) is 0 Å². The maximum atomic E-state index is 11.5. The molecule has 1 heterocycles. The van der Waals surface area contributed by atoms with Gasteiger partial charge in [0.05, 0.1) is 0 Å². The van der Waals surface area contributed by atoms with E-state index in [1.165, 1.54) is 4.88 Å². The molecule has 4 heteroatoms. The van der Waals surface area contributed by atoms with Crippen molar-refractivity contribution >= 4 is 28.6 Å². The van der Waals surface area contributed by atoms with Crippen LogP contribution in [0.2, 0.25) is 0 Å². The molecule has 0 fully saturated rings. The van der Waals surface area contributed by atoms with Crippen molar-refractivity contribution < 1.29 is 4.79 Å². The Bertz CT molecular complexity index is 549. The lowest BCUT2D eigenvalue weighted by molar-refractivity contribution is -0.115. The number of carbonyl (C=O) groups excluding carboxylic acids is 1. The molecular weight excluding hydrogens is 256 g/mol. The van der Waals surface area contributed by atoms with Gasteiger partial charge in [-0.3, -0.25) is 4.79 Å². The highest BCUT2D eigenvalue weighted by Gasteiger charge is 2.06. The van der Waals surface area contributed by atoms with Gasteiger partial charge in [-0.1, -0.05) is 19.1 Å². The summed E-state index contributed by atoms with van der Waals surface area (Å²) in [5.41, 5.74) is 3.01. The van der Waals surface area contributed by atoms with E-state index >= 15 is 0 Å². The third-order valence-corrected chi connectivity index (χ3v) is 3.84. The summed E-state index contributed by atoms with van der Waals surface area (Å²) in [7, 11) is 0. The maximum absolute atomic E-state index is 11.5. The molecule has 0 saturated heterocycles. The van der Waals surface area contributed by atoms with Crippen LogP contribution < -0.4 is 10.6 Å². The standard InChI is InChI=1S/C15H18N2OS/c1-3-15(18)17-14-8-4-7-13(11(14)2)16-10-12-6-5-9-19-12/h4-9,16H,3,10H2,1-2H3,(H,17,18). The first-order valence-corrected chi connectivity index (χ1v) is 7.24. The fourth-order valence-electron chi connectivity index (χ4n) is 1.80. The second-order valence-electron chi connectivity index (χ2n) is 4.31. The van der Waals surface area contributed by atoms with E-state index in [4.69, 9.17) is 0 Å². The van der Waals surface area contributed by atoms with Crippen LogP contribution in [0.3, 0.4) is 0 Å². The second kappa shape index (κ2) is 6.38. The number of anilines is 2. The molecule has 1 aromatic carbocycles. The van der Waals surface area contributed by atoms with E-state index in [2.05, 4.69) is 22.1 Å². The zero-order chi connectivity index (χ0) is 13.7. The predicted octanol–water partition coefficient (Wildman–Crippen LogP) is 4.02. The van der Waals surface area contributed by atoms with Gasteiger partial charge in [-0.05, 0) is 36.1 Å². The summed E-state index contributed by atoms with van der Waals surface area (Å²) >= 11 is 1.73. The Morgan fingerprint density at radius 3 is 2.68 bits per heavy atom. The summed E-state index contributed by atoms with van der Waals surface area (Å²) in [4.78, 5) is 12.8. The van der Waals surface area contributed by atoms with Crippen LogP contribution in [-0.4, -0.2) is 5.91 Å². The third kappa shape index (κ3) is 3.58. The molecule has 2 rings (SSSR count). The van der Waals surface area contributed by atoms with E-state index in [0.717, 1.165) is 23.5 Å². The molecule has 0 unspecified atom stereocenters. The minimum absolute atomic E-state index is 0.0403. The number of benzene rings is 1. The van der Waals surface area contributed by atoms with Crippen molar-refractivity contribution in [1.82, 2.24) is 0 Å². The van der Waals surface area contributed by atoms with Gasteiger partial charge in [0.15, 0.2) is 0 Å². The minimum Gasteiger partial charge on any atom is -0.380 e. The highest BCUT2D eigenvalue weighted by molar-refractivity contribution is 7.09. The summed E-state index contributed by atoms with van der Waals surface area (Å²) in [6, 6.07) is 10.1. The van der Waals surface area contributed by atoms with Crippen LogP contribution in [0.5, 0.6) is 0 Å². The van der Waals surface area contributed by atoms with Crippen molar-refractivity contribution in [3.05, 3.63) is 46.2 Å². The Balaban J connectivity index is 2.08. The molecule has 0 aliphatic rings. The molecule has 0 aliphatic heterocycles. The van der Waals surface area contributed by atoms with Crippen LogP contribution in [0.15, 0.2) is 35.7 Å². The molecule has 0 spiro atoms. The third-order valence-electron chi connectivity index (χ3n) is 2.96. The zero-order valence-electron chi connectivity index (χ0n) is 11.2. The van der Waals surface area contributed by atoms with Crippen LogP contribution in [0.25, 0.3) is 0 Å². The Morgan fingerprint density at radius 2 is 2.00 bits per heavy atom. The van der Waals surface area contributed by atoms with E-state index in [9.17, 15) is 4.79 Å². The lowest BCUT2D eigenvalue weighted by Gasteiger charge is -2.13. The molecule has 0 atom stereocenters. The fraction of sp³-hybridized carbons (Fsp3) is 0.267. The summed E-state index contributed by atoms with van der Waals surface area (Å²) in [6.07, 6.45) is 0.492. The summed E-state index contributed by atoms with van der Waals surface area (Å²) in [6.45, 7) is 4.68. The van der Waals surface area contributed by atoms with Crippen molar-refractivity contribution in [2.45, 2.75) is 26.8 Å². The molecule has 0 bridgehead atoms. The Morgan fingerprint density at radius 1 is 1.21 bits per heavy atom. The van der Waals surface area contributed by atoms with Gasteiger partial charge in [0.2, 0.25) is 5.91 Å². The van der Waals surface area contributed by atoms with Crippen LogP contribution in [-0.2, 0) is 11.3 Å². The van der Waals surface area contributed by atoms with Gasteiger partial charge in [0.1, 0.15) is 0 Å². The highest BCUT2D eigenvalue weighted by Crippen LogP contribution is 2.24. The first kappa shape index (κ1) is 13.6. The van der Waals surface area contributed by atoms with Crippen molar-refractivity contribution in [2.75, 3.05) is 10.6 Å². The van der Waals surface area contributed by atoms with E-state index in [0.29, 0.717) is 6.42 Å². The second-order valence-corrected chi connectivity index (χ2v) is 5.35. The lowest BCUT2D eigenvalue weighted by Crippen LogP contribution is -2.11. The largest absolute Gasteiger partial charge is 0.380 e. The molecule has 2 N–H and O–H groups in total. The molecule has 0 aliphatic carbocycles. The fourth-order valence-corrected chi connectivity index (χ4v) is 2.44. The molecule has 1 aromatic heterocycles. The normalized spacial score (nSPS) is 10.2. The molecule has 1 amide bonds. The predicted molar refractivity (Wildman–Crippen MR) is 81.7 cm³/mol. The summed E-state index contributed by atoms with van der Waals surface area (Å²) < 4.78 is 0. The van der Waals surface area contributed by atoms with E-state index in [-0.39, 0.29) is 5.91 Å². The van der Waals surface area contributed by atoms with Crippen LogP contribution in [0.1, 0.15) is 23.8 Å². The minimum atomic E-state index is 0.0403. The molecule has 0 radical (unpaired) electrons. The summed E-state index contributed by atoms with van der Waals surface area (Å²) in [5.74, 6) is 0.0403. The van der Waals surface area contributed by atoms with Crippen molar-refractivity contribution in [2.24, 2.45) is 0 Å². The summed E-state index contributed by atoms with van der Waals surface area (Å²) in [5, 5.41) is 8.39. The number of thiophene rings is 1. The lowest BCUT2D eigenvalue weighted by atomic mass is 10.1. The maximum Gasteiger partial charge on any atom is 0.224 e. The molecule has 19 heavy (non-hydrogen) atoms. The Hall–Kier alpha value is -1.81. The number of nitrogens with one attached hydrogen (secondary N) is 2. The van der Waals surface area contributed by atoms with Crippen molar-refractivity contribution in [1.29, 1.82) is 0 Å². The molecule has 2 aromatic rings. The molecule has 100 valence electrons. The number of rotatable bonds is 5. The number of hydrogen-bond acceptors (Lipinski definition) is 3.